The van der Waals surface area contributed by atoms with Gasteiger partial charge in [-0.3, -0.25) is 4.79 Å². The summed E-state index contributed by atoms with van der Waals surface area (Å²) in [6.45, 7) is 9.22. The summed E-state index contributed by atoms with van der Waals surface area (Å²) >= 11 is 0. The van der Waals surface area contributed by atoms with E-state index in [4.69, 9.17) is 4.74 Å². The van der Waals surface area contributed by atoms with Crippen molar-refractivity contribution < 1.29 is 9.53 Å². The van der Waals surface area contributed by atoms with E-state index in [-0.39, 0.29) is 5.91 Å². The Bertz CT molecular complexity index is 970. The Labute approximate surface area is 166 Å². The normalized spacial score (nSPS) is 10.8. The van der Waals surface area contributed by atoms with Crippen molar-refractivity contribution in [1.29, 1.82) is 0 Å². The fraction of sp³-hybridized carbons (Fsp3) is 0.292. The van der Waals surface area contributed by atoms with Crippen LogP contribution in [0, 0.1) is 0 Å². The van der Waals surface area contributed by atoms with Crippen LogP contribution in [0.4, 0.5) is 0 Å². The van der Waals surface area contributed by atoms with E-state index in [1.54, 1.807) is 7.11 Å². The van der Waals surface area contributed by atoms with Gasteiger partial charge in [0.2, 0.25) is 5.91 Å². The van der Waals surface area contributed by atoms with Gasteiger partial charge in [-0.1, -0.05) is 30.4 Å². The summed E-state index contributed by atoms with van der Waals surface area (Å²) in [6.07, 6.45) is 1.17. The lowest BCUT2D eigenvalue weighted by Crippen LogP contribution is -2.32. The first kappa shape index (κ1) is 19.7. The number of methoxy groups -OCH3 is 1. The third-order valence-electron chi connectivity index (χ3n) is 4.98. The lowest BCUT2D eigenvalue weighted by atomic mass is 10.0. The largest absolute Gasteiger partial charge is 0.497 e. The van der Waals surface area contributed by atoms with E-state index in [1.165, 1.54) is 10.9 Å². The number of nitrogens with zero attached hydrogens (tertiary/aromatic N) is 1. The van der Waals surface area contributed by atoms with Crippen molar-refractivity contribution in [2.24, 2.45) is 0 Å². The standard InChI is InChI=1S/C24H28N2O2/c1-5-26(16-17(2)3)23(27)15-14-21-20-8-6-7-9-22(20)25-24(21)18-10-12-19(28-4)13-11-18/h6-13,25H,2,5,14-16H2,1,3-4H3. The Kier molecular flexibility index (Phi) is 6.19. The SMILES string of the molecule is C=C(C)CN(CC)C(=O)CCc1c(-c2ccc(OC)cc2)[nH]c2ccccc12. The number of aryl methyl sites for hydroxylation is 1. The van der Waals surface area contributed by atoms with Gasteiger partial charge in [0.05, 0.1) is 7.11 Å². The van der Waals surface area contributed by atoms with E-state index in [0.717, 1.165) is 28.1 Å². The minimum atomic E-state index is 0.163. The zero-order chi connectivity index (χ0) is 20.1. The average Bonchev–Trinajstić information content (AvgIpc) is 3.08. The lowest BCUT2D eigenvalue weighted by Gasteiger charge is -2.21. The van der Waals surface area contributed by atoms with Crippen LogP contribution in [0.15, 0.2) is 60.7 Å². The number of carbonyl (C=O) groups is 1. The topological polar surface area (TPSA) is 45.3 Å². The van der Waals surface area contributed by atoms with Crippen molar-refractivity contribution in [2.75, 3.05) is 20.2 Å². The van der Waals surface area contributed by atoms with Crippen LogP contribution in [-0.2, 0) is 11.2 Å². The highest BCUT2D eigenvalue weighted by Crippen LogP contribution is 2.32. The molecule has 0 saturated carbocycles. The van der Waals surface area contributed by atoms with Crippen LogP contribution < -0.4 is 4.74 Å². The van der Waals surface area contributed by atoms with Crippen molar-refractivity contribution in [3.63, 3.8) is 0 Å². The summed E-state index contributed by atoms with van der Waals surface area (Å²) in [4.78, 5) is 18.1. The fourth-order valence-electron chi connectivity index (χ4n) is 3.56. The Morgan fingerprint density at radius 3 is 2.50 bits per heavy atom. The molecular formula is C24H28N2O2. The molecule has 1 heterocycles. The molecule has 0 fully saturated rings. The predicted molar refractivity (Wildman–Crippen MR) is 116 cm³/mol. The minimum Gasteiger partial charge on any atom is -0.497 e. The quantitative estimate of drug-likeness (QED) is 0.549. The summed E-state index contributed by atoms with van der Waals surface area (Å²) in [6, 6.07) is 16.3. The van der Waals surface area contributed by atoms with Gasteiger partial charge in [0.1, 0.15) is 5.75 Å². The summed E-state index contributed by atoms with van der Waals surface area (Å²) in [5.41, 5.74) is 5.43. The number of aromatic nitrogens is 1. The number of H-pyrrole nitrogens is 1. The van der Waals surface area contributed by atoms with Gasteiger partial charge < -0.3 is 14.6 Å². The summed E-state index contributed by atoms with van der Waals surface area (Å²) < 4.78 is 5.28. The highest BCUT2D eigenvalue weighted by molar-refractivity contribution is 5.91. The number of carbonyl (C=O) groups excluding carboxylic acids is 1. The third kappa shape index (κ3) is 4.28. The second kappa shape index (κ2) is 8.79. The monoisotopic (exact) mass is 376 g/mol. The summed E-state index contributed by atoms with van der Waals surface area (Å²) in [5.74, 6) is 0.992. The molecule has 0 bridgehead atoms. The predicted octanol–water partition coefficient (Wildman–Crippen LogP) is 5.20. The molecule has 0 radical (unpaired) electrons. The molecule has 4 heteroatoms. The maximum Gasteiger partial charge on any atom is 0.223 e. The molecule has 0 aliphatic heterocycles. The first-order valence-corrected chi connectivity index (χ1v) is 9.69. The van der Waals surface area contributed by atoms with Gasteiger partial charge in [-0.15, -0.1) is 0 Å². The molecule has 1 N–H and O–H groups in total. The number of fused-ring (bicyclic) bond motifs is 1. The molecule has 0 aliphatic carbocycles. The van der Waals surface area contributed by atoms with Gasteiger partial charge in [0, 0.05) is 36.1 Å². The van der Waals surface area contributed by atoms with Crippen LogP contribution in [0.5, 0.6) is 5.75 Å². The molecule has 0 aliphatic rings. The molecular weight excluding hydrogens is 348 g/mol. The van der Waals surface area contributed by atoms with E-state index in [1.807, 2.05) is 55.1 Å². The van der Waals surface area contributed by atoms with E-state index < -0.39 is 0 Å². The van der Waals surface area contributed by atoms with Gasteiger partial charge in [0.25, 0.3) is 0 Å². The van der Waals surface area contributed by atoms with E-state index in [9.17, 15) is 4.79 Å². The van der Waals surface area contributed by atoms with Crippen molar-refractivity contribution in [2.45, 2.75) is 26.7 Å². The second-order valence-electron chi connectivity index (χ2n) is 7.12. The van der Waals surface area contributed by atoms with Crippen molar-refractivity contribution in [1.82, 2.24) is 9.88 Å². The Balaban J connectivity index is 1.90. The molecule has 0 atom stereocenters. The van der Waals surface area contributed by atoms with Crippen LogP contribution in [0.25, 0.3) is 22.2 Å². The number of benzene rings is 2. The van der Waals surface area contributed by atoms with Crippen LogP contribution in [-0.4, -0.2) is 36.0 Å². The molecule has 146 valence electrons. The van der Waals surface area contributed by atoms with Gasteiger partial charge >= 0.3 is 0 Å². The molecule has 3 aromatic rings. The molecule has 1 aromatic heterocycles. The first-order chi connectivity index (χ1) is 13.5. The molecule has 0 unspecified atom stereocenters. The third-order valence-corrected chi connectivity index (χ3v) is 4.98. The molecule has 2 aromatic carbocycles. The van der Waals surface area contributed by atoms with Gasteiger partial charge in [-0.2, -0.15) is 0 Å². The maximum absolute atomic E-state index is 12.7. The fourth-order valence-corrected chi connectivity index (χ4v) is 3.56. The minimum absolute atomic E-state index is 0.163. The second-order valence-corrected chi connectivity index (χ2v) is 7.12. The van der Waals surface area contributed by atoms with Gasteiger partial charge in [-0.05, 0) is 61.7 Å². The number of aromatic amines is 1. The summed E-state index contributed by atoms with van der Waals surface area (Å²) in [7, 11) is 1.67. The number of hydrogen-bond acceptors (Lipinski definition) is 2. The van der Waals surface area contributed by atoms with Crippen LogP contribution >= 0.6 is 0 Å². The highest BCUT2D eigenvalue weighted by Gasteiger charge is 2.17. The smallest absolute Gasteiger partial charge is 0.223 e. The highest BCUT2D eigenvalue weighted by atomic mass is 16.5. The number of nitrogens with one attached hydrogen (secondary N) is 1. The van der Waals surface area contributed by atoms with Crippen molar-refractivity contribution >= 4 is 16.8 Å². The maximum atomic E-state index is 12.7. The van der Waals surface area contributed by atoms with Crippen molar-refractivity contribution in [3.05, 3.63) is 66.2 Å². The van der Waals surface area contributed by atoms with Crippen LogP contribution in [0.2, 0.25) is 0 Å². The van der Waals surface area contributed by atoms with Crippen LogP contribution in [0.3, 0.4) is 0 Å². The van der Waals surface area contributed by atoms with Gasteiger partial charge in [0.15, 0.2) is 0 Å². The Hall–Kier alpha value is -3.01. The van der Waals surface area contributed by atoms with E-state index in [2.05, 4.69) is 23.7 Å². The number of para-hydroxylation sites is 1. The molecule has 0 spiro atoms. The molecule has 0 saturated heterocycles. The zero-order valence-corrected chi connectivity index (χ0v) is 16.9. The number of rotatable bonds is 8. The van der Waals surface area contributed by atoms with Crippen molar-refractivity contribution in [3.8, 4) is 17.0 Å². The average molecular weight is 376 g/mol. The first-order valence-electron chi connectivity index (χ1n) is 9.69. The lowest BCUT2D eigenvalue weighted by molar-refractivity contribution is -0.130. The number of amides is 1. The number of ether oxygens (including phenoxy) is 1. The molecule has 4 nitrogen and oxygen atoms in total. The molecule has 28 heavy (non-hydrogen) atoms. The number of hydrogen-bond donors (Lipinski definition) is 1. The zero-order valence-electron chi connectivity index (χ0n) is 16.9. The van der Waals surface area contributed by atoms with Gasteiger partial charge in [-0.25, -0.2) is 0 Å². The number of likely N-dealkylation sites (N-methyl/N-ethyl adjacent to an activating group) is 1. The van der Waals surface area contributed by atoms with E-state index >= 15 is 0 Å². The molecule has 1 amide bonds. The Morgan fingerprint density at radius 2 is 1.86 bits per heavy atom. The molecule has 3 rings (SSSR count). The Morgan fingerprint density at radius 1 is 1.14 bits per heavy atom. The summed E-state index contributed by atoms with van der Waals surface area (Å²) in [5, 5.41) is 1.17. The van der Waals surface area contributed by atoms with Crippen LogP contribution in [0.1, 0.15) is 25.8 Å². The van der Waals surface area contributed by atoms with E-state index in [0.29, 0.717) is 25.9 Å².